The number of benzene rings is 2. The molecule has 0 aliphatic rings. The molecule has 0 spiro atoms. The van der Waals surface area contributed by atoms with Crippen molar-refractivity contribution in [3.8, 4) is 0 Å². The molecule has 0 saturated carbocycles. The highest BCUT2D eigenvalue weighted by atomic mass is 127. The van der Waals surface area contributed by atoms with Crippen LogP contribution in [0.2, 0.25) is 0 Å². The molecule has 2 rings (SSSR count). The van der Waals surface area contributed by atoms with Gasteiger partial charge in [-0.1, -0.05) is 42.5 Å². The van der Waals surface area contributed by atoms with Gasteiger partial charge in [0.25, 0.3) is 0 Å². The van der Waals surface area contributed by atoms with Crippen molar-refractivity contribution in [3.05, 3.63) is 65.7 Å². The van der Waals surface area contributed by atoms with Crippen LogP contribution in [0.25, 0.3) is 0 Å². The Balaban J connectivity index is 0.00000364. The molecule has 0 bridgehead atoms. The van der Waals surface area contributed by atoms with Crippen LogP contribution >= 0.6 is 24.0 Å². The largest absolute Gasteiger partial charge is 0.453 e. The fourth-order valence-corrected chi connectivity index (χ4v) is 2.34. The fourth-order valence-electron chi connectivity index (χ4n) is 2.34. The molecule has 2 aromatic carbocycles. The Hall–Kier alpha value is -2.29. The quantitative estimate of drug-likeness (QED) is 0.319. The number of rotatable bonds is 7. The molecule has 146 valence electrons. The van der Waals surface area contributed by atoms with Gasteiger partial charge in [-0.05, 0) is 36.6 Å². The third-order valence-corrected chi connectivity index (χ3v) is 3.70. The maximum Gasteiger partial charge on any atom is 0.411 e. The van der Waals surface area contributed by atoms with Gasteiger partial charge in [-0.2, -0.15) is 0 Å². The lowest BCUT2D eigenvalue weighted by atomic mass is 10.1. The van der Waals surface area contributed by atoms with Crippen LogP contribution in [0, 0.1) is 0 Å². The molecule has 0 unspecified atom stereocenters. The minimum atomic E-state index is -0.479. The van der Waals surface area contributed by atoms with Crippen molar-refractivity contribution < 1.29 is 9.53 Å². The average Bonchev–Trinajstić information content (AvgIpc) is 2.68. The molecule has 0 atom stereocenters. The third kappa shape index (κ3) is 8.76. The van der Waals surface area contributed by atoms with Crippen LogP contribution in [0.5, 0.6) is 0 Å². The minimum Gasteiger partial charge on any atom is -0.453 e. The second-order valence-electron chi connectivity index (χ2n) is 5.67. The van der Waals surface area contributed by atoms with E-state index in [-0.39, 0.29) is 24.0 Å². The average molecular weight is 482 g/mol. The molecular formula is C20H27IN4O2. The lowest BCUT2D eigenvalue weighted by Crippen LogP contribution is -2.38. The lowest BCUT2D eigenvalue weighted by Gasteiger charge is -2.11. The molecule has 0 fully saturated rings. The topological polar surface area (TPSA) is 74.8 Å². The standard InChI is InChI=1S/C20H26N4O2.HI/c1-3-21-19(22-14-13-16-7-5-4-6-8-16)23-15-17-9-11-18(12-10-17)24-20(25)26-2;/h4-12H,3,13-15H2,1-2H3,(H,24,25)(H2,21,22,23);1H. The van der Waals surface area contributed by atoms with Crippen LogP contribution in [0.1, 0.15) is 18.1 Å². The molecule has 2 aromatic rings. The zero-order chi connectivity index (χ0) is 18.6. The van der Waals surface area contributed by atoms with Crippen molar-refractivity contribution in [3.63, 3.8) is 0 Å². The Kier molecular flexibility index (Phi) is 10.9. The van der Waals surface area contributed by atoms with E-state index in [1.54, 1.807) is 0 Å². The molecule has 0 aliphatic heterocycles. The van der Waals surface area contributed by atoms with E-state index in [0.717, 1.165) is 31.0 Å². The van der Waals surface area contributed by atoms with E-state index >= 15 is 0 Å². The van der Waals surface area contributed by atoms with Crippen molar-refractivity contribution in [1.82, 2.24) is 10.6 Å². The summed E-state index contributed by atoms with van der Waals surface area (Å²) in [7, 11) is 1.34. The summed E-state index contributed by atoms with van der Waals surface area (Å²) in [6.07, 6.45) is 0.465. The number of nitrogens with zero attached hydrogens (tertiary/aromatic N) is 1. The summed E-state index contributed by atoms with van der Waals surface area (Å²) >= 11 is 0. The minimum absolute atomic E-state index is 0. The highest BCUT2D eigenvalue weighted by Crippen LogP contribution is 2.10. The van der Waals surface area contributed by atoms with Gasteiger partial charge < -0.3 is 15.4 Å². The van der Waals surface area contributed by atoms with E-state index in [1.807, 2.05) is 49.4 Å². The van der Waals surface area contributed by atoms with Gasteiger partial charge >= 0.3 is 6.09 Å². The van der Waals surface area contributed by atoms with E-state index in [4.69, 9.17) is 0 Å². The number of guanidine groups is 1. The third-order valence-electron chi connectivity index (χ3n) is 3.70. The van der Waals surface area contributed by atoms with E-state index in [9.17, 15) is 4.79 Å². The monoisotopic (exact) mass is 482 g/mol. The highest BCUT2D eigenvalue weighted by molar-refractivity contribution is 14.0. The number of carbonyl (C=O) groups excluding carboxylic acids is 1. The summed E-state index contributed by atoms with van der Waals surface area (Å²) in [5.74, 6) is 0.792. The second-order valence-corrected chi connectivity index (χ2v) is 5.67. The number of halogens is 1. The van der Waals surface area contributed by atoms with Crippen LogP contribution < -0.4 is 16.0 Å². The number of anilines is 1. The number of nitrogens with one attached hydrogen (secondary N) is 3. The maximum atomic E-state index is 11.2. The molecule has 1 amide bonds. The molecule has 0 radical (unpaired) electrons. The number of hydrogen-bond acceptors (Lipinski definition) is 3. The Bertz CT molecular complexity index is 706. The van der Waals surface area contributed by atoms with Gasteiger partial charge in [-0.3, -0.25) is 5.32 Å². The van der Waals surface area contributed by atoms with Crippen LogP contribution in [0.4, 0.5) is 10.5 Å². The van der Waals surface area contributed by atoms with Gasteiger partial charge in [-0.25, -0.2) is 9.79 Å². The smallest absolute Gasteiger partial charge is 0.411 e. The van der Waals surface area contributed by atoms with Crippen molar-refractivity contribution in [1.29, 1.82) is 0 Å². The van der Waals surface area contributed by atoms with Gasteiger partial charge in [0.2, 0.25) is 0 Å². The molecule has 6 nitrogen and oxygen atoms in total. The zero-order valence-electron chi connectivity index (χ0n) is 15.7. The number of hydrogen-bond donors (Lipinski definition) is 3. The van der Waals surface area contributed by atoms with Crippen LogP contribution in [0.15, 0.2) is 59.6 Å². The Morgan fingerprint density at radius 3 is 2.33 bits per heavy atom. The van der Waals surface area contributed by atoms with E-state index < -0.39 is 6.09 Å². The van der Waals surface area contributed by atoms with Crippen molar-refractivity contribution in [2.24, 2.45) is 4.99 Å². The van der Waals surface area contributed by atoms with Gasteiger partial charge in [0.15, 0.2) is 5.96 Å². The van der Waals surface area contributed by atoms with Gasteiger partial charge in [-0.15, -0.1) is 24.0 Å². The van der Waals surface area contributed by atoms with Gasteiger partial charge in [0.1, 0.15) is 0 Å². The van der Waals surface area contributed by atoms with Crippen molar-refractivity contribution >= 4 is 41.7 Å². The Morgan fingerprint density at radius 1 is 1.00 bits per heavy atom. The Labute approximate surface area is 177 Å². The van der Waals surface area contributed by atoms with Gasteiger partial charge in [0, 0.05) is 18.8 Å². The zero-order valence-corrected chi connectivity index (χ0v) is 18.0. The molecule has 0 aromatic heterocycles. The number of methoxy groups -OCH3 is 1. The van der Waals surface area contributed by atoms with E-state index in [1.165, 1.54) is 12.7 Å². The fraction of sp³-hybridized carbons (Fsp3) is 0.300. The first-order valence-corrected chi connectivity index (χ1v) is 8.71. The molecule has 0 aliphatic carbocycles. The maximum absolute atomic E-state index is 11.2. The molecule has 0 saturated heterocycles. The SMILES string of the molecule is CCNC(=NCc1ccc(NC(=O)OC)cc1)NCCc1ccccc1.I. The summed E-state index contributed by atoms with van der Waals surface area (Å²) in [5, 5.41) is 9.23. The van der Waals surface area contributed by atoms with Crippen molar-refractivity contribution in [2.75, 3.05) is 25.5 Å². The van der Waals surface area contributed by atoms with Gasteiger partial charge in [0.05, 0.1) is 13.7 Å². The summed E-state index contributed by atoms with van der Waals surface area (Å²) in [6.45, 7) is 4.22. The predicted octanol–water partition coefficient (Wildman–Crippen LogP) is 3.78. The number of aliphatic imine (C=N–C) groups is 1. The van der Waals surface area contributed by atoms with E-state index in [2.05, 4.69) is 37.8 Å². The first-order valence-electron chi connectivity index (χ1n) is 8.71. The van der Waals surface area contributed by atoms with Crippen molar-refractivity contribution in [2.45, 2.75) is 19.9 Å². The van der Waals surface area contributed by atoms with E-state index in [0.29, 0.717) is 12.2 Å². The summed E-state index contributed by atoms with van der Waals surface area (Å²) < 4.78 is 4.57. The number of carbonyl (C=O) groups is 1. The summed E-state index contributed by atoms with van der Waals surface area (Å²) in [5.41, 5.74) is 3.04. The lowest BCUT2D eigenvalue weighted by molar-refractivity contribution is 0.187. The molecule has 27 heavy (non-hydrogen) atoms. The van der Waals surface area contributed by atoms with Crippen LogP contribution in [-0.4, -0.2) is 32.3 Å². The predicted molar refractivity (Wildman–Crippen MR) is 121 cm³/mol. The first-order chi connectivity index (χ1) is 12.7. The molecule has 7 heteroatoms. The summed E-state index contributed by atoms with van der Waals surface area (Å²) in [6, 6.07) is 17.9. The molecule has 3 N–H and O–H groups in total. The normalized spacial score (nSPS) is 10.5. The number of ether oxygens (including phenoxy) is 1. The molecule has 0 heterocycles. The molecular weight excluding hydrogens is 455 g/mol. The summed E-state index contributed by atoms with van der Waals surface area (Å²) in [4.78, 5) is 15.8. The van der Waals surface area contributed by atoms with Crippen LogP contribution in [0.3, 0.4) is 0 Å². The number of amides is 1. The highest BCUT2D eigenvalue weighted by Gasteiger charge is 2.01. The van der Waals surface area contributed by atoms with Crippen LogP contribution in [-0.2, 0) is 17.7 Å². The second kappa shape index (κ2) is 13.0. The first kappa shape index (κ1) is 22.8. The Morgan fingerprint density at radius 2 is 1.70 bits per heavy atom.